The van der Waals surface area contributed by atoms with Gasteiger partial charge >= 0.3 is 6.18 Å². The number of alkyl halides is 3. The van der Waals surface area contributed by atoms with Gasteiger partial charge in [0.2, 0.25) is 0 Å². The van der Waals surface area contributed by atoms with Crippen LogP contribution in [0.4, 0.5) is 29.1 Å². The first-order chi connectivity index (χ1) is 11.9. The standard InChI is InChI=1S/C17H13F4N3O/c18-13-7-6-12(22-16-9-15(23-24-16)17(19,20)21)8-14(13)25-10-11-4-2-1-3-5-11/h1-9H,10H2,(H2,22,23,24). The zero-order chi connectivity index (χ0) is 17.9. The van der Waals surface area contributed by atoms with Crippen molar-refractivity contribution in [3.8, 4) is 5.75 Å². The minimum absolute atomic E-state index is 0.0135. The van der Waals surface area contributed by atoms with Gasteiger partial charge in [-0.05, 0) is 17.7 Å². The van der Waals surface area contributed by atoms with Crippen molar-refractivity contribution >= 4 is 11.5 Å². The number of hydrogen-bond donors (Lipinski definition) is 2. The molecule has 25 heavy (non-hydrogen) atoms. The predicted octanol–water partition coefficient (Wildman–Crippen LogP) is 4.89. The Morgan fingerprint density at radius 2 is 1.80 bits per heavy atom. The second kappa shape index (κ2) is 6.84. The topological polar surface area (TPSA) is 49.9 Å². The van der Waals surface area contributed by atoms with E-state index in [1.165, 1.54) is 18.2 Å². The highest BCUT2D eigenvalue weighted by Gasteiger charge is 2.33. The van der Waals surface area contributed by atoms with Crippen molar-refractivity contribution in [3.63, 3.8) is 0 Å². The molecule has 0 aliphatic carbocycles. The molecule has 0 saturated heterocycles. The monoisotopic (exact) mass is 351 g/mol. The van der Waals surface area contributed by atoms with E-state index in [0.717, 1.165) is 11.6 Å². The fourth-order valence-electron chi connectivity index (χ4n) is 2.11. The van der Waals surface area contributed by atoms with E-state index >= 15 is 0 Å². The van der Waals surface area contributed by atoms with Gasteiger partial charge in [0.15, 0.2) is 17.4 Å². The van der Waals surface area contributed by atoms with Crippen LogP contribution in [-0.2, 0) is 12.8 Å². The number of anilines is 2. The van der Waals surface area contributed by atoms with Gasteiger partial charge in [0.1, 0.15) is 12.3 Å². The Bertz CT molecular complexity index is 847. The summed E-state index contributed by atoms with van der Waals surface area (Å²) >= 11 is 0. The molecule has 130 valence electrons. The molecule has 4 nitrogen and oxygen atoms in total. The summed E-state index contributed by atoms with van der Waals surface area (Å²) in [6.45, 7) is 0.168. The normalized spacial score (nSPS) is 11.4. The Morgan fingerprint density at radius 3 is 2.48 bits per heavy atom. The quantitative estimate of drug-likeness (QED) is 0.644. The fourth-order valence-corrected chi connectivity index (χ4v) is 2.11. The van der Waals surface area contributed by atoms with Crippen LogP contribution in [0.5, 0.6) is 5.75 Å². The summed E-state index contributed by atoms with van der Waals surface area (Å²) in [5.74, 6) is -0.618. The molecule has 0 aliphatic rings. The maximum absolute atomic E-state index is 13.8. The average Bonchev–Trinajstić information content (AvgIpc) is 3.05. The molecule has 0 aliphatic heterocycles. The number of aromatic amines is 1. The summed E-state index contributed by atoms with van der Waals surface area (Å²) in [6.07, 6.45) is -4.51. The number of ether oxygens (including phenoxy) is 1. The number of benzene rings is 2. The zero-order valence-electron chi connectivity index (χ0n) is 12.8. The molecule has 8 heteroatoms. The zero-order valence-corrected chi connectivity index (χ0v) is 12.8. The molecule has 0 radical (unpaired) electrons. The predicted molar refractivity (Wildman–Crippen MR) is 84.0 cm³/mol. The number of H-pyrrole nitrogens is 1. The van der Waals surface area contributed by atoms with Crippen molar-refractivity contribution < 1.29 is 22.3 Å². The Labute approximate surface area is 140 Å². The van der Waals surface area contributed by atoms with Crippen LogP contribution in [0.2, 0.25) is 0 Å². The number of nitrogens with one attached hydrogen (secondary N) is 2. The highest BCUT2D eigenvalue weighted by Crippen LogP contribution is 2.30. The van der Waals surface area contributed by atoms with Crippen LogP contribution in [0.15, 0.2) is 54.6 Å². The van der Waals surface area contributed by atoms with Gasteiger partial charge in [-0.15, -0.1) is 0 Å². The summed E-state index contributed by atoms with van der Waals surface area (Å²) < 4.78 is 56.9. The van der Waals surface area contributed by atoms with Crippen molar-refractivity contribution in [3.05, 3.63) is 71.7 Å². The van der Waals surface area contributed by atoms with Crippen LogP contribution in [0.3, 0.4) is 0 Å². The van der Waals surface area contributed by atoms with Gasteiger partial charge in [-0.3, -0.25) is 5.10 Å². The molecular weight excluding hydrogens is 338 g/mol. The first-order valence-electron chi connectivity index (χ1n) is 7.28. The molecule has 0 fully saturated rings. The van der Waals surface area contributed by atoms with E-state index in [2.05, 4.69) is 10.4 Å². The number of nitrogens with zero attached hydrogens (tertiary/aromatic N) is 1. The molecule has 1 aromatic heterocycles. The Morgan fingerprint density at radius 1 is 1.04 bits per heavy atom. The van der Waals surface area contributed by atoms with E-state index in [4.69, 9.17) is 4.74 Å². The summed E-state index contributed by atoms with van der Waals surface area (Å²) in [5, 5.41) is 8.10. The third-order valence-electron chi connectivity index (χ3n) is 3.32. The van der Waals surface area contributed by atoms with Gasteiger partial charge in [-0.2, -0.15) is 18.3 Å². The van der Waals surface area contributed by atoms with Crippen LogP contribution in [-0.4, -0.2) is 10.2 Å². The molecule has 0 unspecified atom stereocenters. The minimum atomic E-state index is -4.51. The largest absolute Gasteiger partial charge is 0.486 e. The third kappa shape index (κ3) is 4.28. The highest BCUT2D eigenvalue weighted by atomic mass is 19.4. The number of hydrogen-bond acceptors (Lipinski definition) is 3. The highest BCUT2D eigenvalue weighted by molar-refractivity contribution is 5.58. The fraction of sp³-hybridized carbons (Fsp3) is 0.118. The smallest absolute Gasteiger partial charge is 0.432 e. The van der Waals surface area contributed by atoms with Gasteiger partial charge < -0.3 is 10.1 Å². The number of rotatable bonds is 5. The number of halogens is 4. The van der Waals surface area contributed by atoms with Crippen molar-refractivity contribution in [2.24, 2.45) is 0 Å². The van der Waals surface area contributed by atoms with Crippen LogP contribution in [0.25, 0.3) is 0 Å². The summed E-state index contributed by atoms with van der Waals surface area (Å²) in [7, 11) is 0. The average molecular weight is 351 g/mol. The van der Waals surface area contributed by atoms with E-state index in [-0.39, 0.29) is 18.2 Å². The van der Waals surface area contributed by atoms with Crippen LogP contribution < -0.4 is 10.1 Å². The molecule has 2 aromatic carbocycles. The maximum atomic E-state index is 13.8. The Hall–Kier alpha value is -3.03. The van der Waals surface area contributed by atoms with E-state index < -0.39 is 17.7 Å². The first kappa shape index (κ1) is 16.8. The molecule has 0 atom stereocenters. The lowest BCUT2D eigenvalue weighted by Crippen LogP contribution is -2.04. The van der Waals surface area contributed by atoms with Gasteiger partial charge in [0.25, 0.3) is 0 Å². The van der Waals surface area contributed by atoms with Crippen molar-refractivity contribution in [1.29, 1.82) is 0 Å². The molecular formula is C17H13F4N3O. The summed E-state index contributed by atoms with van der Waals surface area (Å²) in [4.78, 5) is 0. The van der Waals surface area contributed by atoms with Crippen LogP contribution in [0.1, 0.15) is 11.3 Å². The van der Waals surface area contributed by atoms with Gasteiger partial charge in [0, 0.05) is 17.8 Å². The Balaban J connectivity index is 1.71. The lowest BCUT2D eigenvalue weighted by molar-refractivity contribution is -0.141. The minimum Gasteiger partial charge on any atom is -0.486 e. The third-order valence-corrected chi connectivity index (χ3v) is 3.32. The van der Waals surface area contributed by atoms with E-state index in [1.54, 1.807) is 0 Å². The molecule has 2 N–H and O–H groups in total. The van der Waals surface area contributed by atoms with Crippen LogP contribution >= 0.6 is 0 Å². The lowest BCUT2D eigenvalue weighted by Gasteiger charge is -2.10. The SMILES string of the molecule is Fc1ccc(Nc2cc(C(F)(F)F)[nH]n2)cc1OCc1ccccc1. The molecule has 1 heterocycles. The van der Waals surface area contributed by atoms with Crippen molar-refractivity contribution in [2.75, 3.05) is 5.32 Å². The number of aromatic nitrogens is 2. The molecule has 3 rings (SSSR count). The van der Waals surface area contributed by atoms with Crippen molar-refractivity contribution in [1.82, 2.24) is 10.2 Å². The van der Waals surface area contributed by atoms with Gasteiger partial charge in [-0.25, -0.2) is 4.39 Å². The molecule has 0 saturated carbocycles. The lowest BCUT2D eigenvalue weighted by atomic mass is 10.2. The molecule has 0 amide bonds. The van der Waals surface area contributed by atoms with E-state index in [9.17, 15) is 17.6 Å². The molecule has 0 spiro atoms. The molecule has 0 bridgehead atoms. The summed E-state index contributed by atoms with van der Waals surface area (Å²) in [6, 6.07) is 13.9. The Kier molecular flexibility index (Phi) is 4.60. The summed E-state index contributed by atoms with van der Waals surface area (Å²) in [5.41, 5.74) is 0.240. The second-order valence-electron chi connectivity index (χ2n) is 5.21. The maximum Gasteiger partial charge on any atom is 0.432 e. The van der Waals surface area contributed by atoms with Gasteiger partial charge in [0.05, 0.1) is 0 Å². The van der Waals surface area contributed by atoms with Crippen LogP contribution in [0, 0.1) is 5.82 Å². The van der Waals surface area contributed by atoms with E-state index in [1.807, 2.05) is 35.4 Å². The van der Waals surface area contributed by atoms with E-state index in [0.29, 0.717) is 5.69 Å². The first-order valence-corrected chi connectivity index (χ1v) is 7.28. The second-order valence-corrected chi connectivity index (χ2v) is 5.21. The van der Waals surface area contributed by atoms with Gasteiger partial charge in [-0.1, -0.05) is 30.3 Å². The van der Waals surface area contributed by atoms with Crippen molar-refractivity contribution in [2.45, 2.75) is 12.8 Å². The molecule has 3 aromatic rings.